The van der Waals surface area contributed by atoms with E-state index in [1.807, 2.05) is 0 Å². The summed E-state index contributed by atoms with van der Waals surface area (Å²) in [5.41, 5.74) is 5.82. The standard InChI is InChI=1S/C14H22N2O4S/c1-11(2)6-7-20-8-9-21(18,19)13-5-3-4-12(10-13)14(15)16-17/h3-5,10-11,17H,6-9H2,1-2H3,(H2,15,16). The Hall–Kier alpha value is -1.60. The summed E-state index contributed by atoms with van der Waals surface area (Å²) in [6.07, 6.45) is 0.902. The van der Waals surface area contributed by atoms with E-state index in [4.69, 9.17) is 15.7 Å². The van der Waals surface area contributed by atoms with Gasteiger partial charge in [-0.1, -0.05) is 31.1 Å². The third kappa shape index (κ3) is 5.73. The maximum atomic E-state index is 12.2. The van der Waals surface area contributed by atoms with Crippen molar-refractivity contribution in [3.8, 4) is 0 Å². The lowest BCUT2D eigenvalue weighted by atomic mass is 10.1. The molecule has 6 nitrogen and oxygen atoms in total. The lowest BCUT2D eigenvalue weighted by Gasteiger charge is -2.08. The van der Waals surface area contributed by atoms with Crippen molar-refractivity contribution in [3.63, 3.8) is 0 Å². The second kappa shape index (κ2) is 7.99. The molecule has 118 valence electrons. The maximum absolute atomic E-state index is 12.2. The first-order valence-electron chi connectivity index (χ1n) is 6.75. The van der Waals surface area contributed by atoms with Crippen molar-refractivity contribution in [3.05, 3.63) is 29.8 Å². The SMILES string of the molecule is CC(C)CCOCCS(=O)(=O)c1cccc(/C(N)=N/O)c1. The van der Waals surface area contributed by atoms with Gasteiger partial charge in [0.15, 0.2) is 15.7 Å². The molecule has 1 rings (SSSR count). The van der Waals surface area contributed by atoms with Gasteiger partial charge in [-0.2, -0.15) is 0 Å². The van der Waals surface area contributed by atoms with Crippen LogP contribution in [0.3, 0.4) is 0 Å². The zero-order chi connectivity index (χ0) is 15.9. The van der Waals surface area contributed by atoms with E-state index in [1.54, 1.807) is 12.1 Å². The zero-order valence-corrected chi connectivity index (χ0v) is 13.1. The molecule has 1 aromatic carbocycles. The number of benzene rings is 1. The van der Waals surface area contributed by atoms with Crippen LogP contribution in [-0.2, 0) is 14.6 Å². The van der Waals surface area contributed by atoms with E-state index in [0.717, 1.165) is 6.42 Å². The van der Waals surface area contributed by atoms with Crippen molar-refractivity contribution >= 4 is 15.7 Å². The van der Waals surface area contributed by atoms with Gasteiger partial charge in [0.05, 0.1) is 17.3 Å². The summed E-state index contributed by atoms with van der Waals surface area (Å²) in [7, 11) is -3.44. The Balaban J connectivity index is 2.66. The Morgan fingerprint density at radius 1 is 1.38 bits per heavy atom. The third-order valence-electron chi connectivity index (χ3n) is 2.93. The first-order chi connectivity index (χ1) is 9.86. The van der Waals surface area contributed by atoms with Crippen LogP contribution in [0.1, 0.15) is 25.8 Å². The summed E-state index contributed by atoms with van der Waals surface area (Å²) in [5, 5.41) is 11.5. The molecule has 0 atom stereocenters. The van der Waals surface area contributed by atoms with Gasteiger partial charge in [0.2, 0.25) is 0 Å². The van der Waals surface area contributed by atoms with Crippen LogP contribution in [0, 0.1) is 5.92 Å². The highest BCUT2D eigenvalue weighted by atomic mass is 32.2. The number of rotatable bonds is 8. The number of hydrogen-bond acceptors (Lipinski definition) is 5. The summed E-state index contributed by atoms with van der Waals surface area (Å²) in [6, 6.07) is 6.00. The molecule has 0 saturated heterocycles. The van der Waals surface area contributed by atoms with E-state index in [-0.39, 0.29) is 23.1 Å². The molecule has 7 heteroatoms. The maximum Gasteiger partial charge on any atom is 0.180 e. The van der Waals surface area contributed by atoms with E-state index >= 15 is 0 Å². The van der Waals surface area contributed by atoms with Gasteiger partial charge >= 0.3 is 0 Å². The highest BCUT2D eigenvalue weighted by molar-refractivity contribution is 7.91. The summed E-state index contributed by atoms with van der Waals surface area (Å²) >= 11 is 0. The molecule has 0 bridgehead atoms. The van der Waals surface area contributed by atoms with Crippen LogP contribution in [-0.4, -0.2) is 38.4 Å². The van der Waals surface area contributed by atoms with E-state index in [0.29, 0.717) is 18.1 Å². The minimum atomic E-state index is -3.44. The Labute approximate surface area is 125 Å². The number of nitrogens with zero attached hydrogens (tertiary/aromatic N) is 1. The topological polar surface area (TPSA) is 102 Å². The van der Waals surface area contributed by atoms with E-state index in [2.05, 4.69) is 19.0 Å². The number of sulfone groups is 1. The summed E-state index contributed by atoms with van der Waals surface area (Å²) < 4.78 is 29.7. The summed E-state index contributed by atoms with van der Waals surface area (Å²) in [5.74, 6) is 0.310. The molecule has 0 heterocycles. The predicted octanol–water partition coefficient (Wildman–Crippen LogP) is 1.62. The van der Waals surface area contributed by atoms with Gasteiger partial charge in [-0.25, -0.2) is 8.42 Å². The normalized spacial score (nSPS) is 12.8. The molecule has 0 radical (unpaired) electrons. The molecule has 0 fully saturated rings. The van der Waals surface area contributed by atoms with E-state index in [1.165, 1.54) is 12.1 Å². The van der Waals surface area contributed by atoms with Crippen molar-refractivity contribution in [2.24, 2.45) is 16.8 Å². The molecule has 3 N–H and O–H groups in total. The average molecular weight is 314 g/mol. The van der Waals surface area contributed by atoms with Crippen LogP contribution >= 0.6 is 0 Å². The number of oxime groups is 1. The molecule has 0 unspecified atom stereocenters. The number of ether oxygens (including phenoxy) is 1. The largest absolute Gasteiger partial charge is 0.409 e. The molecular formula is C14H22N2O4S. The lowest BCUT2D eigenvalue weighted by Crippen LogP contribution is -2.16. The minimum Gasteiger partial charge on any atom is -0.409 e. The van der Waals surface area contributed by atoms with Crippen LogP contribution in [0.15, 0.2) is 34.3 Å². The van der Waals surface area contributed by atoms with Crippen LogP contribution < -0.4 is 5.73 Å². The first kappa shape index (κ1) is 17.5. The highest BCUT2D eigenvalue weighted by Gasteiger charge is 2.15. The van der Waals surface area contributed by atoms with Crippen molar-refractivity contribution in [1.29, 1.82) is 0 Å². The molecule has 0 spiro atoms. The molecule has 0 aliphatic heterocycles. The first-order valence-corrected chi connectivity index (χ1v) is 8.40. The molecule has 0 aliphatic rings. The Morgan fingerprint density at radius 2 is 2.10 bits per heavy atom. The fourth-order valence-corrected chi connectivity index (χ4v) is 2.78. The zero-order valence-electron chi connectivity index (χ0n) is 12.3. The lowest BCUT2D eigenvalue weighted by molar-refractivity contribution is 0.137. The molecule has 21 heavy (non-hydrogen) atoms. The van der Waals surface area contributed by atoms with Gasteiger partial charge < -0.3 is 15.7 Å². The fraction of sp³-hybridized carbons (Fsp3) is 0.500. The fourth-order valence-electron chi connectivity index (χ4n) is 1.61. The van der Waals surface area contributed by atoms with Gasteiger partial charge in [0.1, 0.15) is 0 Å². The van der Waals surface area contributed by atoms with Gasteiger partial charge in [-0.3, -0.25) is 0 Å². The Morgan fingerprint density at radius 3 is 2.71 bits per heavy atom. The second-order valence-corrected chi connectivity index (χ2v) is 7.24. The predicted molar refractivity (Wildman–Crippen MR) is 81.3 cm³/mol. The van der Waals surface area contributed by atoms with E-state index in [9.17, 15) is 8.42 Å². The third-order valence-corrected chi connectivity index (χ3v) is 4.61. The minimum absolute atomic E-state index is 0.0925. The second-order valence-electron chi connectivity index (χ2n) is 5.13. The highest BCUT2D eigenvalue weighted by Crippen LogP contribution is 2.13. The molecule has 0 aromatic heterocycles. The van der Waals surface area contributed by atoms with Crippen molar-refractivity contribution in [2.75, 3.05) is 19.0 Å². The van der Waals surface area contributed by atoms with Gasteiger partial charge in [0.25, 0.3) is 0 Å². The smallest absolute Gasteiger partial charge is 0.180 e. The van der Waals surface area contributed by atoms with Crippen LogP contribution in [0.5, 0.6) is 0 Å². The number of amidine groups is 1. The van der Waals surface area contributed by atoms with Crippen molar-refractivity contribution in [1.82, 2.24) is 0 Å². The van der Waals surface area contributed by atoms with Crippen molar-refractivity contribution < 1.29 is 18.4 Å². The quantitative estimate of drug-likeness (QED) is 0.249. The summed E-state index contributed by atoms with van der Waals surface area (Å²) in [4.78, 5) is 0.138. The Bertz CT molecular complexity index is 582. The molecular weight excluding hydrogens is 292 g/mol. The molecule has 0 amide bonds. The number of hydrogen-bond donors (Lipinski definition) is 2. The van der Waals surface area contributed by atoms with Crippen LogP contribution in [0.25, 0.3) is 0 Å². The van der Waals surface area contributed by atoms with E-state index < -0.39 is 9.84 Å². The van der Waals surface area contributed by atoms with Gasteiger partial charge in [-0.05, 0) is 24.5 Å². The molecule has 0 saturated carbocycles. The van der Waals surface area contributed by atoms with Crippen molar-refractivity contribution in [2.45, 2.75) is 25.2 Å². The van der Waals surface area contributed by atoms with Crippen LogP contribution in [0.4, 0.5) is 0 Å². The summed E-state index contributed by atoms with van der Waals surface area (Å²) in [6.45, 7) is 4.87. The van der Waals surface area contributed by atoms with Crippen LogP contribution in [0.2, 0.25) is 0 Å². The molecule has 1 aromatic rings. The van der Waals surface area contributed by atoms with Gasteiger partial charge in [-0.15, -0.1) is 0 Å². The Kier molecular flexibility index (Phi) is 6.64. The average Bonchev–Trinajstić information content (AvgIpc) is 2.45. The van der Waals surface area contributed by atoms with Gasteiger partial charge in [0, 0.05) is 12.2 Å². The number of nitrogens with two attached hydrogens (primary N) is 1. The monoisotopic (exact) mass is 314 g/mol. The molecule has 0 aliphatic carbocycles.